The Bertz CT molecular complexity index is 357. The normalized spacial score (nSPS) is 17.0. The Morgan fingerprint density at radius 2 is 2.00 bits per heavy atom. The van der Waals surface area contributed by atoms with E-state index in [0.29, 0.717) is 6.42 Å². The Morgan fingerprint density at radius 1 is 1.31 bits per heavy atom. The molecule has 2 nitrogen and oxygen atoms in total. The highest BCUT2D eigenvalue weighted by molar-refractivity contribution is 7.98. The lowest BCUT2D eigenvalue weighted by molar-refractivity contribution is -0.138. The molecular weight excluding hydrogens is 220 g/mol. The van der Waals surface area contributed by atoms with Crippen LogP contribution in [0.5, 0.6) is 0 Å². The molecule has 0 heterocycles. The van der Waals surface area contributed by atoms with Crippen molar-refractivity contribution in [1.82, 2.24) is 0 Å². The molecule has 0 radical (unpaired) electrons. The predicted octanol–water partition coefficient (Wildman–Crippen LogP) is 3.17. The van der Waals surface area contributed by atoms with E-state index >= 15 is 0 Å². The van der Waals surface area contributed by atoms with E-state index in [9.17, 15) is 4.79 Å². The van der Waals surface area contributed by atoms with Gasteiger partial charge in [-0.25, -0.2) is 0 Å². The third-order valence-corrected chi connectivity index (χ3v) is 4.36. The molecule has 0 spiro atoms. The molecule has 16 heavy (non-hydrogen) atoms. The van der Waals surface area contributed by atoms with Gasteiger partial charge in [0.2, 0.25) is 0 Å². The van der Waals surface area contributed by atoms with Crippen LogP contribution in [-0.4, -0.2) is 16.8 Å². The molecule has 86 valence electrons. The number of carbonyl (C=O) groups is 1. The second kappa shape index (κ2) is 4.91. The molecule has 1 N–H and O–H groups in total. The summed E-state index contributed by atoms with van der Waals surface area (Å²) >= 11 is 1.85. The van der Waals surface area contributed by atoms with Gasteiger partial charge in [-0.3, -0.25) is 4.79 Å². The zero-order valence-electron chi connectivity index (χ0n) is 9.19. The minimum atomic E-state index is -0.655. The van der Waals surface area contributed by atoms with E-state index < -0.39 is 5.97 Å². The minimum Gasteiger partial charge on any atom is -0.481 e. The Morgan fingerprint density at radius 3 is 2.56 bits per heavy atom. The SMILES string of the molecule is O=C(O)CC1(CSCc2ccccc2)CC1. The van der Waals surface area contributed by atoms with Crippen molar-refractivity contribution in [2.24, 2.45) is 5.41 Å². The Balaban J connectivity index is 1.74. The van der Waals surface area contributed by atoms with Gasteiger partial charge in [-0.15, -0.1) is 0 Å². The predicted molar refractivity (Wildman–Crippen MR) is 66.5 cm³/mol. The van der Waals surface area contributed by atoms with Crippen molar-refractivity contribution >= 4 is 17.7 Å². The highest BCUT2D eigenvalue weighted by atomic mass is 32.2. The molecule has 1 saturated carbocycles. The maximum atomic E-state index is 10.7. The molecular formula is C13H16O2S. The monoisotopic (exact) mass is 236 g/mol. The van der Waals surface area contributed by atoms with Crippen molar-refractivity contribution < 1.29 is 9.90 Å². The van der Waals surface area contributed by atoms with E-state index in [0.717, 1.165) is 24.3 Å². The number of hydrogen-bond acceptors (Lipinski definition) is 2. The average Bonchev–Trinajstić information content (AvgIpc) is 2.99. The summed E-state index contributed by atoms with van der Waals surface area (Å²) in [4.78, 5) is 10.7. The van der Waals surface area contributed by atoms with Crippen LogP contribution in [0.4, 0.5) is 0 Å². The van der Waals surface area contributed by atoms with Crippen LogP contribution in [0.3, 0.4) is 0 Å². The fourth-order valence-electron chi connectivity index (χ4n) is 1.83. The van der Waals surface area contributed by atoms with Crippen LogP contribution in [0, 0.1) is 5.41 Å². The van der Waals surface area contributed by atoms with Gasteiger partial charge in [0.05, 0.1) is 6.42 Å². The largest absolute Gasteiger partial charge is 0.481 e. The molecule has 1 aliphatic rings. The highest BCUT2D eigenvalue weighted by Crippen LogP contribution is 2.51. The molecule has 0 amide bonds. The molecule has 1 aromatic carbocycles. The third-order valence-electron chi connectivity index (χ3n) is 3.00. The molecule has 0 atom stereocenters. The number of carboxylic acids is 1. The van der Waals surface area contributed by atoms with Crippen molar-refractivity contribution in [3.8, 4) is 0 Å². The van der Waals surface area contributed by atoms with Gasteiger partial charge in [-0.2, -0.15) is 11.8 Å². The summed E-state index contributed by atoms with van der Waals surface area (Å²) < 4.78 is 0. The summed E-state index contributed by atoms with van der Waals surface area (Å²) in [6, 6.07) is 10.3. The van der Waals surface area contributed by atoms with Crippen LogP contribution in [0.15, 0.2) is 30.3 Å². The van der Waals surface area contributed by atoms with E-state index in [1.807, 2.05) is 30.0 Å². The van der Waals surface area contributed by atoms with Crippen LogP contribution >= 0.6 is 11.8 Å². The first-order valence-electron chi connectivity index (χ1n) is 5.54. The van der Waals surface area contributed by atoms with Crippen LogP contribution in [0.1, 0.15) is 24.8 Å². The van der Waals surface area contributed by atoms with Crippen molar-refractivity contribution in [2.75, 3.05) is 5.75 Å². The van der Waals surface area contributed by atoms with Crippen molar-refractivity contribution in [1.29, 1.82) is 0 Å². The number of carboxylic acid groups (broad SMARTS) is 1. The van der Waals surface area contributed by atoms with Gasteiger partial charge in [-0.05, 0) is 29.6 Å². The lowest BCUT2D eigenvalue weighted by Crippen LogP contribution is -2.11. The summed E-state index contributed by atoms with van der Waals surface area (Å²) in [5, 5.41) is 8.80. The van der Waals surface area contributed by atoms with Crippen molar-refractivity contribution in [3.63, 3.8) is 0 Å². The zero-order valence-corrected chi connectivity index (χ0v) is 10.0. The average molecular weight is 236 g/mol. The first-order chi connectivity index (χ1) is 7.70. The standard InChI is InChI=1S/C13H16O2S/c14-12(15)8-13(6-7-13)10-16-9-11-4-2-1-3-5-11/h1-5H,6-10H2,(H,14,15). The van der Waals surface area contributed by atoms with Crippen LogP contribution in [-0.2, 0) is 10.5 Å². The van der Waals surface area contributed by atoms with Crippen molar-refractivity contribution in [3.05, 3.63) is 35.9 Å². The quantitative estimate of drug-likeness (QED) is 0.824. The first-order valence-corrected chi connectivity index (χ1v) is 6.69. The van der Waals surface area contributed by atoms with Gasteiger partial charge in [0.15, 0.2) is 0 Å². The van der Waals surface area contributed by atoms with Gasteiger partial charge in [-0.1, -0.05) is 30.3 Å². The van der Waals surface area contributed by atoms with Gasteiger partial charge in [0.25, 0.3) is 0 Å². The summed E-state index contributed by atoms with van der Waals surface area (Å²) in [6.07, 6.45) is 2.51. The molecule has 3 heteroatoms. The van der Waals surface area contributed by atoms with E-state index in [-0.39, 0.29) is 5.41 Å². The molecule has 1 fully saturated rings. The number of thioether (sulfide) groups is 1. The maximum absolute atomic E-state index is 10.7. The van der Waals surface area contributed by atoms with Crippen LogP contribution < -0.4 is 0 Å². The second-order valence-corrected chi connectivity index (χ2v) is 5.53. The third kappa shape index (κ3) is 3.27. The molecule has 0 saturated heterocycles. The van der Waals surface area contributed by atoms with Crippen molar-refractivity contribution in [2.45, 2.75) is 25.0 Å². The summed E-state index contributed by atoms with van der Waals surface area (Å²) in [7, 11) is 0. The lowest BCUT2D eigenvalue weighted by atomic mass is 10.1. The van der Waals surface area contributed by atoms with Crippen LogP contribution in [0.25, 0.3) is 0 Å². The number of hydrogen-bond donors (Lipinski definition) is 1. The highest BCUT2D eigenvalue weighted by Gasteiger charge is 2.43. The van der Waals surface area contributed by atoms with E-state index in [4.69, 9.17) is 5.11 Å². The zero-order chi connectivity index (χ0) is 11.4. The Hall–Kier alpha value is -0.960. The van der Waals surface area contributed by atoms with E-state index in [1.54, 1.807) is 0 Å². The fourth-order valence-corrected chi connectivity index (χ4v) is 3.18. The first kappa shape index (κ1) is 11.5. The van der Waals surface area contributed by atoms with Gasteiger partial charge in [0.1, 0.15) is 0 Å². The molecule has 1 aromatic rings. The second-order valence-electron chi connectivity index (χ2n) is 4.55. The minimum absolute atomic E-state index is 0.116. The summed E-state index contributed by atoms with van der Waals surface area (Å²) in [5.74, 6) is 1.31. The summed E-state index contributed by atoms with van der Waals surface area (Å²) in [6.45, 7) is 0. The Kier molecular flexibility index (Phi) is 3.54. The smallest absolute Gasteiger partial charge is 0.303 e. The summed E-state index contributed by atoms with van der Waals surface area (Å²) in [5.41, 5.74) is 1.43. The molecule has 1 aliphatic carbocycles. The molecule has 2 rings (SSSR count). The maximum Gasteiger partial charge on any atom is 0.303 e. The van der Waals surface area contributed by atoms with Gasteiger partial charge < -0.3 is 5.11 Å². The number of aliphatic carboxylic acids is 1. The van der Waals surface area contributed by atoms with E-state index in [1.165, 1.54) is 5.56 Å². The van der Waals surface area contributed by atoms with E-state index in [2.05, 4.69) is 12.1 Å². The Labute approximate surface area is 100 Å². The molecule has 0 unspecified atom stereocenters. The number of benzene rings is 1. The molecule has 0 aromatic heterocycles. The molecule has 0 bridgehead atoms. The fraction of sp³-hybridized carbons (Fsp3) is 0.462. The topological polar surface area (TPSA) is 37.3 Å². The van der Waals surface area contributed by atoms with Gasteiger partial charge in [0, 0.05) is 5.75 Å². The van der Waals surface area contributed by atoms with Crippen LogP contribution in [0.2, 0.25) is 0 Å². The van der Waals surface area contributed by atoms with Gasteiger partial charge >= 0.3 is 5.97 Å². The molecule has 0 aliphatic heterocycles. The lowest BCUT2D eigenvalue weighted by Gasteiger charge is -2.11. The number of rotatable bonds is 6.